The number of benzene rings is 1. The van der Waals surface area contributed by atoms with Crippen LogP contribution in [0.4, 0.5) is 26.7 Å². The maximum absolute atomic E-state index is 13.6. The quantitative estimate of drug-likeness (QED) is 0.0132. The maximum atomic E-state index is 13.6. The van der Waals surface area contributed by atoms with E-state index in [9.17, 15) is 51.7 Å². The molecule has 0 saturated carbocycles. The van der Waals surface area contributed by atoms with E-state index in [1.54, 1.807) is 0 Å². The lowest BCUT2D eigenvalue weighted by Gasteiger charge is -2.42. The third-order valence-electron chi connectivity index (χ3n) is 8.31. The van der Waals surface area contributed by atoms with Crippen molar-refractivity contribution in [3.63, 3.8) is 0 Å². The Bertz CT molecular complexity index is 1380. The van der Waals surface area contributed by atoms with Gasteiger partial charge in [-0.05, 0) is 12.8 Å². The second kappa shape index (κ2) is 32.3. The molecule has 3 amide bonds. The molecule has 5 atom stereocenters. The van der Waals surface area contributed by atoms with E-state index in [0.29, 0.717) is 78.8 Å². The molecule has 24 heteroatoms. The van der Waals surface area contributed by atoms with Crippen LogP contribution in [0.3, 0.4) is 0 Å². The molecule has 0 aliphatic carbocycles. The molecule has 2 rings (SSSR count). The molecular weight excluding hydrogens is 837 g/mol. The second-order valence-corrected chi connectivity index (χ2v) is 13.0. The average Bonchev–Trinajstić information content (AvgIpc) is 3.24. The van der Waals surface area contributed by atoms with Crippen molar-refractivity contribution < 1.29 is 99.0 Å². The molecule has 1 aliphatic heterocycles. The van der Waals surface area contributed by atoms with Crippen molar-refractivity contribution in [2.45, 2.75) is 56.6 Å². The zero-order chi connectivity index (χ0) is 44.8. The van der Waals surface area contributed by atoms with Crippen LogP contribution in [0.5, 0.6) is 5.75 Å². The van der Waals surface area contributed by atoms with Gasteiger partial charge in [0.15, 0.2) is 0 Å². The third-order valence-corrected chi connectivity index (χ3v) is 8.31. The van der Waals surface area contributed by atoms with Gasteiger partial charge in [-0.1, -0.05) is 0 Å². The number of ether oxygens (including phenoxy) is 10. The van der Waals surface area contributed by atoms with E-state index < -0.39 is 84.3 Å². The normalized spacial score (nSPS) is 18.9. The van der Waals surface area contributed by atoms with Crippen molar-refractivity contribution in [3.8, 4) is 5.75 Å². The summed E-state index contributed by atoms with van der Waals surface area (Å²) in [5, 5.41) is 37.8. The van der Waals surface area contributed by atoms with Crippen molar-refractivity contribution in [2.24, 2.45) is 0 Å². The number of nitrogens with one attached hydrogen (secondary N) is 3. The van der Waals surface area contributed by atoms with Gasteiger partial charge in [-0.3, -0.25) is 9.59 Å². The van der Waals surface area contributed by atoms with Gasteiger partial charge in [0.05, 0.1) is 124 Å². The number of aliphatic hydroxyl groups is 3. The first-order chi connectivity index (χ1) is 29.4. The molecule has 6 N–H and O–H groups in total. The van der Waals surface area contributed by atoms with Crippen LogP contribution < -0.4 is 20.7 Å². The molecule has 1 heterocycles. The predicted molar refractivity (Wildman–Crippen MR) is 199 cm³/mol. The van der Waals surface area contributed by atoms with Gasteiger partial charge in [0, 0.05) is 26.6 Å². The molecule has 0 radical (unpaired) electrons. The smallest absolute Gasteiger partial charge is 0.314 e. The number of hydrogen-bond donors (Lipinski definition) is 6. The Morgan fingerprint density at radius 1 is 0.574 bits per heavy atom. The summed E-state index contributed by atoms with van der Waals surface area (Å²) in [4.78, 5) is 35.1. The van der Waals surface area contributed by atoms with Gasteiger partial charge >= 0.3 is 12.0 Å². The molecule has 1 saturated heterocycles. The fourth-order valence-electron chi connectivity index (χ4n) is 5.29. The zero-order valence-corrected chi connectivity index (χ0v) is 34.0. The van der Waals surface area contributed by atoms with Crippen molar-refractivity contribution in [2.75, 3.05) is 125 Å². The number of urea groups is 1. The number of aliphatic hydroxyl groups excluding tert-OH is 3. The Labute approximate surface area is 349 Å². The molecule has 1 aliphatic rings. The van der Waals surface area contributed by atoms with E-state index in [-0.39, 0.29) is 64.7 Å². The number of esters is 1. The van der Waals surface area contributed by atoms with Gasteiger partial charge in [0.25, 0.3) is 0 Å². The van der Waals surface area contributed by atoms with Crippen LogP contribution in [0.1, 0.15) is 26.2 Å². The highest BCUT2D eigenvalue weighted by molar-refractivity contribution is 5.74. The van der Waals surface area contributed by atoms with E-state index in [2.05, 4.69) is 20.7 Å². The summed E-state index contributed by atoms with van der Waals surface area (Å²) in [7, 11) is 0. The summed E-state index contributed by atoms with van der Waals surface area (Å²) >= 11 is 0. The Morgan fingerprint density at radius 2 is 0.984 bits per heavy atom. The summed E-state index contributed by atoms with van der Waals surface area (Å²) in [5.41, 5.74) is 0. The Balaban J connectivity index is 1.28. The van der Waals surface area contributed by atoms with Gasteiger partial charge in [-0.15, -0.1) is 0 Å². The summed E-state index contributed by atoms with van der Waals surface area (Å²) in [6, 6.07) is -1.18. The second-order valence-electron chi connectivity index (χ2n) is 13.0. The third kappa shape index (κ3) is 22.0. The fourth-order valence-corrected chi connectivity index (χ4v) is 5.29. The molecule has 61 heavy (non-hydrogen) atoms. The maximum Gasteiger partial charge on any atom is 0.314 e. The minimum atomic E-state index is -2.36. The highest BCUT2D eigenvalue weighted by Crippen LogP contribution is 2.29. The van der Waals surface area contributed by atoms with E-state index in [0.717, 1.165) is 0 Å². The van der Waals surface area contributed by atoms with Crippen LogP contribution in [0.15, 0.2) is 0 Å². The van der Waals surface area contributed by atoms with Crippen LogP contribution in [0.25, 0.3) is 0 Å². The number of rotatable bonds is 34. The summed E-state index contributed by atoms with van der Waals surface area (Å²) in [6.07, 6.45) is -3.71. The molecular formula is C37H58F5N3O16. The lowest BCUT2D eigenvalue weighted by Crippen LogP contribution is -2.63. The number of halogens is 5. The monoisotopic (exact) mass is 895 g/mol. The lowest BCUT2D eigenvalue weighted by atomic mass is 9.90. The fraction of sp³-hybridized carbons (Fsp3) is 0.757. The van der Waals surface area contributed by atoms with Crippen LogP contribution in [0.2, 0.25) is 0 Å². The minimum absolute atomic E-state index is 0.0551. The van der Waals surface area contributed by atoms with Crippen molar-refractivity contribution in [1.82, 2.24) is 16.0 Å². The highest BCUT2D eigenvalue weighted by Gasteiger charge is 2.44. The number of amides is 3. The van der Waals surface area contributed by atoms with Gasteiger partial charge in [-0.25, -0.2) is 18.0 Å². The molecule has 0 spiro atoms. The SMILES string of the molecule is CC(=O)N[C@@H]1[C@@H](O)[C@@H](O)[C@@H](CO)O[C@@H]1CCCOCCOCCNC(=O)NCCOCCOCCOCCOCCOCCOCCC(=O)Oc1c(F)c(F)c(F)c(F)c1F. The topological polar surface area (TPSA) is 240 Å². The molecule has 352 valence electrons. The minimum Gasteiger partial charge on any atom is -0.420 e. The lowest BCUT2D eigenvalue weighted by molar-refractivity contribution is -0.197. The first-order valence-corrected chi connectivity index (χ1v) is 19.6. The van der Waals surface area contributed by atoms with Crippen LogP contribution >= 0.6 is 0 Å². The molecule has 1 aromatic rings. The summed E-state index contributed by atoms with van der Waals surface area (Å²) in [5.74, 6) is -14.6. The van der Waals surface area contributed by atoms with E-state index in [4.69, 9.17) is 42.6 Å². The average molecular weight is 896 g/mol. The predicted octanol–water partition coefficient (Wildman–Crippen LogP) is -0.124. The molecule has 19 nitrogen and oxygen atoms in total. The van der Waals surface area contributed by atoms with Gasteiger partial charge in [-0.2, -0.15) is 8.78 Å². The molecule has 0 aromatic heterocycles. The molecule has 1 aromatic carbocycles. The summed E-state index contributed by atoms with van der Waals surface area (Å²) < 4.78 is 119. The van der Waals surface area contributed by atoms with E-state index >= 15 is 0 Å². The Kier molecular flexibility index (Phi) is 28.5. The van der Waals surface area contributed by atoms with Crippen LogP contribution in [-0.2, 0) is 52.2 Å². The number of carbonyl (C=O) groups excluding carboxylic acids is 3. The highest BCUT2D eigenvalue weighted by atomic mass is 19.2. The first kappa shape index (κ1) is 53.7. The van der Waals surface area contributed by atoms with Gasteiger partial charge in [0.1, 0.15) is 18.3 Å². The molecule has 0 unspecified atom stereocenters. The Morgan fingerprint density at radius 3 is 1.43 bits per heavy atom. The molecule has 1 fully saturated rings. The standard InChI is InChI=1S/C37H58F5N3O16/c1-24(47)45-33-25(60-26(23-46)34(49)35(33)50)3-2-7-52-11-13-54-9-5-43-37(51)44-6-10-55-14-16-57-18-20-59-22-21-58-19-17-56-15-12-53-8-4-27(48)61-36-31(41)29(39)28(38)30(40)32(36)42/h25-26,33-35,46,49-50H,2-23H2,1H3,(H,45,47)(H2,43,44,51)/t25-,26-,33+,34+,35-/m1/s1. The first-order valence-electron chi connectivity index (χ1n) is 19.6. The van der Waals surface area contributed by atoms with Crippen molar-refractivity contribution in [1.29, 1.82) is 0 Å². The van der Waals surface area contributed by atoms with Gasteiger partial charge < -0.3 is 78.6 Å². The van der Waals surface area contributed by atoms with Crippen LogP contribution in [0, 0.1) is 29.1 Å². The van der Waals surface area contributed by atoms with E-state index in [1.807, 2.05) is 0 Å². The van der Waals surface area contributed by atoms with Gasteiger partial charge in [0.2, 0.25) is 40.7 Å². The number of carbonyl (C=O) groups is 3. The Hall–Kier alpha value is -3.40. The van der Waals surface area contributed by atoms with Crippen molar-refractivity contribution >= 4 is 17.9 Å². The summed E-state index contributed by atoms with van der Waals surface area (Å²) in [6.45, 7) is 5.42. The molecule has 0 bridgehead atoms. The van der Waals surface area contributed by atoms with Crippen molar-refractivity contribution in [3.05, 3.63) is 29.1 Å². The zero-order valence-electron chi connectivity index (χ0n) is 34.0. The van der Waals surface area contributed by atoms with Crippen LogP contribution in [-0.4, -0.2) is 189 Å². The van der Waals surface area contributed by atoms with E-state index in [1.165, 1.54) is 6.92 Å². The number of hydrogen-bond acceptors (Lipinski definition) is 16. The largest absolute Gasteiger partial charge is 0.420 e.